The minimum Gasteiger partial charge on any atom is -0.458 e. The van der Waals surface area contributed by atoms with Crippen LogP contribution in [-0.2, 0) is 4.74 Å². The molecule has 0 unspecified atom stereocenters. The van der Waals surface area contributed by atoms with Gasteiger partial charge < -0.3 is 4.74 Å². The minimum absolute atomic E-state index is 0.241. The number of esters is 1. The quantitative estimate of drug-likeness (QED) is 0.551. The first kappa shape index (κ1) is 10.1. The van der Waals surface area contributed by atoms with Crippen molar-refractivity contribution in [2.75, 3.05) is 5.88 Å². The lowest BCUT2D eigenvalue weighted by molar-refractivity contribution is 0.0383. The zero-order chi connectivity index (χ0) is 9.68. The van der Waals surface area contributed by atoms with Crippen molar-refractivity contribution in [3.05, 3.63) is 35.9 Å². The number of ether oxygens (including phenoxy) is 1. The third kappa shape index (κ3) is 3.07. The molecule has 0 aromatic heterocycles. The summed E-state index contributed by atoms with van der Waals surface area (Å²) in [4.78, 5) is 11.3. The van der Waals surface area contributed by atoms with Gasteiger partial charge in [0.2, 0.25) is 0 Å². The van der Waals surface area contributed by atoms with Crippen molar-refractivity contribution in [2.45, 2.75) is 13.0 Å². The number of hydrogen-bond donors (Lipinski definition) is 0. The Kier molecular flexibility index (Phi) is 3.77. The Bertz CT molecular complexity index is 272. The molecule has 13 heavy (non-hydrogen) atoms. The number of halogens is 1. The van der Waals surface area contributed by atoms with Crippen molar-refractivity contribution in [1.29, 1.82) is 0 Å². The van der Waals surface area contributed by atoms with Gasteiger partial charge in [-0.25, -0.2) is 4.79 Å². The van der Waals surface area contributed by atoms with E-state index in [9.17, 15) is 4.79 Å². The number of carbonyl (C=O) groups is 1. The molecule has 0 amide bonds. The van der Waals surface area contributed by atoms with Crippen LogP contribution in [0.4, 0.5) is 0 Å². The maximum absolute atomic E-state index is 11.3. The summed E-state index contributed by atoms with van der Waals surface area (Å²) < 4.78 is 5.01. The zero-order valence-electron chi connectivity index (χ0n) is 7.37. The van der Waals surface area contributed by atoms with Crippen LogP contribution in [0.1, 0.15) is 17.3 Å². The molecule has 0 aliphatic heterocycles. The molecule has 0 fully saturated rings. The largest absolute Gasteiger partial charge is 0.458 e. The topological polar surface area (TPSA) is 26.3 Å². The molecule has 70 valence electrons. The Morgan fingerprint density at radius 1 is 1.46 bits per heavy atom. The van der Waals surface area contributed by atoms with Crippen molar-refractivity contribution >= 4 is 17.6 Å². The van der Waals surface area contributed by atoms with Crippen molar-refractivity contribution in [3.8, 4) is 0 Å². The van der Waals surface area contributed by atoms with Gasteiger partial charge in [-0.15, -0.1) is 11.6 Å². The predicted octanol–water partition coefficient (Wildman–Crippen LogP) is 2.47. The van der Waals surface area contributed by atoms with Crippen LogP contribution in [-0.4, -0.2) is 18.0 Å². The monoisotopic (exact) mass is 198 g/mol. The molecule has 1 aromatic carbocycles. The van der Waals surface area contributed by atoms with Crippen molar-refractivity contribution < 1.29 is 9.53 Å². The van der Waals surface area contributed by atoms with Crippen LogP contribution < -0.4 is 0 Å². The van der Waals surface area contributed by atoms with Crippen LogP contribution in [0.25, 0.3) is 0 Å². The molecule has 0 heterocycles. The number of carbonyl (C=O) groups excluding carboxylic acids is 1. The molecular formula is C10H11ClO2. The molecule has 0 bridgehead atoms. The first-order valence-electron chi connectivity index (χ1n) is 4.06. The molecule has 2 nitrogen and oxygen atoms in total. The number of rotatable bonds is 3. The van der Waals surface area contributed by atoms with E-state index >= 15 is 0 Å². The number of hydrogen-bond acceptors (Lipinski definition) is 2. The lowest BCUT2D eigenvalue weighted by Gasteiger charge is -2.09. The molecular weight excluding hydrogens is 188 g/mol. The summed E-state index contributed by atoms with van der Waals surface area (Å²) in [6.07, 6.45) is -0.241. The van der Waals surface area contributed by atoms with Gasteiger partial charge in [0, 0.05) is 0 Å². The smallest absolute Gasteiger partial charge is 0.338 e. The fraction of sp³-hybridized carbons (Fsp3) is 0.300. The van der Waals surface area contributed by atoms with Gasteiger partial charge in [-0.3, -0.25) is 0 Å². The Morgan fingerprint density at radius 2 is 2.08 bits per heavy atom. The predicted molar refractivity (Wildman–Crippen MR) is 52.0 cm³/mol. The summed E-state index contributed by atoms with van der Waals surface area (Å²) in [5, 5.41) is 0. The van der Waals surface area contributed by atoms with Crippen LogP contribution in [0.2, 0.25) is 0 Å². The molecule has 0 saturated carbocycles. The summed E-state index contributed by atoms with van der Waals surface area (Å²) in [6.45, 7) is 1.76. The highest BCUT2D eigenvalue weighted by Crippen LogP contribution is 2.04. The number of benzene rings is 1. The molecule has 0 N–H and O–H groups in total. The maximum Gasteiger partial charge on any atom is 0.338 e. The fourth-order valence-electron chi connectivity index (χ4n) is 0.856. The second-order valence-electron chi connectivity index (χ2n) is 2.74. The Balaban J connectivity index is 2.59. The molecule has 1 rings (SSSR count). The third-order valence-corrected chi connectivity index (χ3v) is 1.97. The van der Waals surface area contributed by atoms with Gasteiger partial charge in [0.15, 0.2) is 0 Å². The van der Waals surface area contributed by atoms with E-state index in [1.807, 2.05) is 6.07 Å². The summed E-state index contributed by atoms with van der Waals surface area (Å²) in [5.74, 6) is -0.00720. The van der Waals surface area contributed by atoms with Crippen LogP contribution in [0.5, 0.6) is 0 Å². The fourth-order valence-corrected chi connectivity index (χ4v) is 0.919. The molecule has 0 radical (unpaired) electrons. The van der Waals surface area contributed by atoms with E-state index in [4.69, 9.17) is 16.3 Å². The molecule has 0 saturated heterocycles. The van der Waals surface area contributed by atoms with E-state index in [0.717, 1.165) is 0 Å². The first-order chi connectivity index (χ1) is 6.24. The summed E-state index contributed by atoms with van der Waals surface area (Å²) in [5.41, 5.74) is 0.555. The van der Waals surface area contributed by atoms with Gasteiger partial charge in [-0.1, -0.05) is 18.2 Å². The van der Waals surface area contributed by atoms with E-state index in [1.165, 1.54) is 0 Å². The van der Waals surface area contributed by atoms with E-state index in [-0.39, 0.29) is 12.1 Å². The van der Waals surface area contributed by atoms with Crippen LogP contribution >= 0.6 is 11.6 Å². The lowest BCUT2D eigenvalue weighted by atomic mass is 10.2. The molecule has 0 spiro atoms. The van der Waals surface area contributed by atoms with Gasteiger partial charge in [0.1, 0.15) is 6.10 Å². The Morgan fingerprint density at radius 3 is 2.62 bits per heavy atom. The van der Waals surface area contributed by atoms with Gasteiger partial charge >= 0.3 is 5.97 Å². The van der Waals surface area contributed by atoms with Crippen LogP contribution in [0, 0.1) is 0 Å². The highest BCUT2D eigenvalue weighted by Gasteiger charge is 2.09. The van der Waals surface area contributed by atoms with E-state index in [0.29, 0.717) is 11.4 Å². The SMILES string of the molecule is C[C@H](CCl)OC(=O)c1ccccc1. The van der Waals surface area contributed by atoms with Gasteiger partial charge in [-0.05, 0) is 19.1 Å². The van der Waals surface area contributed by atoms with Gasteiger partial charge in [-0.2, -0.15) is 0 Å². The van der Waals surface area contributed by atoms with Gasteiger partial charge in [0.25, 0.3) is 0 Å². The molecule has 0 aliphatic rings. The normalized spacial score (nSPS) is 12.2. The van der Waals surface area contributed by atoms with Crippen molar-refractivity contribution in [1.82, 2.24) is 0 Å². The Hall–Kier alpha value is -1.02. The summed E-state index contributed by atoms with van der Waals surface area (Å²) in [6, 6.07) is 8.86. The first-order valence-corrected chi connectivity index (χ1v) is 4.59. The second kappa shape index (κ2) is 4.87. The van der Waals surface area contributed by atoms with Gasteiger partial charge in [0.05, 0.1) is 11.4 Å². The highest BCUT2D eigenvalue weighted by atomic mass is 35.5. The average Bonchev–Trinajstić information content (AvgIpc) is 2.19. The second-order valence-corrected chi connectivity index (χ2v) is 3.04. The maximum atomic E-state index is 11.3. The summed E-state index contributed by atoms with van der Waals surface area (Å²) >= 11 is 5.51. The third-order valence-electron chi connectivity index (χ3n) is 1.54. The number of alkyl halides is 1. The van der Waals surface area contributed by atoms with E-state index in [1.54, 1.807) is 31.2 Å². The molecule has 1 aromatic rings. The molecule has 1 atom stereocenters. The van der Waals surface area contributed by atoms with E-state index in [2.05, 4.69) is 0 Å². The highest BCUT2D eigenvalue weighted by molar-refractivity contribution is 6.18. The average molecular weight is 199 g/mol. The zero-order valence-corrected chi connectivity index (χ0v) is 8.12. The van der Waals surface area contributed by atoms with Crippen LogP contribution in [0.15, 0.2) is 30.3 Å². The minimum atomic E-state index is -0.325. The standard InChI is InChI=1S/C10H11ClO2/c1-8(7-11)13-10(12)9-5-3-2-4-6-9/h2-6,8H,7H2,1H3/t8-/m1/s1. The molecule has 3 heteroatoms. The summed E-state index contributed by atoms with van der Waals surface area (Å²) in [7, 11) is 0. The lowest BCUT2D eigenvalue weighted by Crippen LogP contribution is -2.16. The Labute approximate surface area is 82.5 Å². The molecule has 0 aliphatic carbocycles. The van der Waals surface area contributed by atoms with Crippen molar-refractivity contribution in [2.24, 2.45) is 0 Å². The van der Waals surface area contributed by atoms with Crippen LogP contribution in [0.3, 0.4) is 0 Å². The van der Waals surface area contributed by atoms with E-state index < -0.39 is 0 Å². The van der Waals surface area contributed by atoms with Crippen molar-refractivity contribution in [3.63, 3.8) is 0 Å².